The summed E-state index contributed by atoms with van der Waals surface area (Å²) in [5.41, 5.74) is 5.69. The summed E-state index contributed by atoms with van der Waals surface area (Å²) in [5.74, 6) is 1.06. The fourth-order valence-electron chi connectivity index (χ4n) is 4.47. The number of piperidine rings is 2. The van der Waals surface area contributed by atoms with Gasteiger partial charge in [0.05, 0.1) is 5.60 Å². The molecule has 10 heteroatoms. The Bertz CT molecular complexity index is 923. The van der Waals surface area contributed by atoms with E-state index in [1.807, 2.05) is 12.1 Å². The maximum atomic E-state index is 12.4. The van der Waals surface area contributed by atoms with Gasteiger partial charge >= 0.3 is 5.69 Å². The molecule has 2 saturated heterocycles. The van der Waals surface area contributed by atoms with E-state index in [1.165, 1.54) is 0 Å². The Hall–Kier alpha value is -2.04. The summed E-state index contributed by atoms with van der Waals surface area (Å²) < 4.78 is 1.65. The van der Waals surface area contributed by atoms with Gasteiger partial charge in [-0.1, -0.05) is 6.07 Å². The third-order valence-electron chi connectivity index (χ3n) is 6.62. The van der Waals surface area contributed by atoms with E-state index >= 15 is 0 Å². The largest absolute Gasteiger partial charge is 0.385 e. The topological polar surface area (TPSA) is 121 Å². The van der Waals surface area contributed by atoms with E-state index in [1.54, 1.807) is 23.0 Å². The number of hydrogen-bond donors (Lipinski definition) is 4. The monoisotopic (exact) mass is 477 g/mol. The van der Waals surface area contributed by atoms with Crippen LogP contribution in [0.3, 0.4) is 0 Å². The molecule has 2 aromatic rings. The van der Waals surface area contributed by atoms with Crippen LogP contribution in [0.5, 0.6) is 0 Å². The second-order valence-electron chi connectivity index (χ2n) is 9.01. The van der Waals surface area contributed by atoms with Crippen molar-refractivity contribution in [2.24, 2.45) is 5.73 Å². The highest BCUT2D eigenvalue weighted by Gasteiger charge is 2.31. The van der Waals surface area contributed by atoms with Crippen molar-refractivity contribution in [2.45, 2.75) is 56.7 Å². The van der Waals surface area contributed by atoms with Crippen molar-refractivity contribution in [1.29, 1.82) is 0 Å². The molecule has 33 heavy (non-hydrogen) atoms. The molecule has 2 aliphatic rings. The molecule has 0 aliphatic carbocycles. The van der Waals surface area contributed by atoms with Crippen molar-refractivity contribution in [2.75, 3.05) is 38.0 Å². The minimum atomic E-state index is -0.823. The molecule has 0 aromatic carbocycles. The van der Waals surface area contributed by atoms with Crippen LogP contribution in [0.1, 0.15) is 44.1 Å². The number of rotatable bonds is 8. The highest BCUT2D eigenvalue weighted by molar-refractivity contribution is 5.85. The zero-order valence-electron chi connectivity index (χ0n) is 19.1. The Morgan fingerprint density at radius 2 is 1.85 bits per heavy atom. The number of nitrogens with two attached hydrogens (primary N) is 1. The minimum Gasteiger partial charge on any atom is -0.385 e. The van der Waals surface area contributed by atoms with Crippen LogP contribution < -0.4 is 22.1 Å². The summed E-state index contributed by atoms with van der Waals surface area (Å²) in [6, 6.07) is 5.86. The smallest absolute Gasteiger partial charge is 0.349 e. The van der Waals surface area contributed by atoms with Crippen LogP contribution in [0.2, 0.25) is 0 Å². The normalized spacial score (nSPS) is 19.1. The minimum absolute atomic E-state index is 0. The number of aryl methyl sites for hydroxylation is 1. The highest BCUT2D eigenvalue weighted by Crippen LogP contribution is 2.30. The van der Waals surface area contributed by atoms with Crippen molar-refractivity contribution in [3.8, 4) is 0 Å². The SMILES string of the molecule is Cl.NC1CCN(CCCCn2ccc(Nc3ccc(C4(O)CCNCC4)cn3)nc2=O)CC1. The Balaban J connectivity index is 0.00000306. The third kappa shape index (κ3) is 6.97. The zero-order valence-corrected chi connectivity index (χ0v) is 19.9. The lowest BCUT2D eigenvalue weighted by atomic mass is 9.86. The lowest BCUT2D eigenvalue weighted by Crippen LogP contribution is -2.40. The molecule has 4 heterocycles. The molecule has 9 nitrogen and oxygen atoms in total. The van der Waals surface area contributed by atoms with E-state index in [0.717, 1.165) is 64.0 Å². The number of likely N-dealkylation sites (tertiary alicyclic amines) is 1. The van der Waals surface area contributed by atoms with Crippen molar-refractivity contribution >= 4 is 24.0 Å². The zero-order chi connectivity index (χ0) is 22.4. The van der Waals surface area contributed by atoms with Gasteiger partial charge in [-0.2, -0.15) is 4.98 Å². The maximum absolute atomic E-state index is 12.4. The molecule has 2 fully saturated rings. The second kappa shape index (κ2) is 11.9. The van der Waals surface area contributed by atoms with Crippen molar-refractivity contribution in [1.82, 2.24) is 24.8 Å². The van der Waals surface area contributed by atoms with Gasteiger partial charge in [-0.05, 0) is 83.4 Å². The molecular formula is C23H36ClN7O2. The van der Waals surface area contributed by atoms with E-state index in [0.29, 0.717) is 37.1 Å². The number of halogens is 1. The molecular weight excluding hydrogens is 442 g/mol. The summed E-state index contributed by atoms with van der Waals surface area (Å²) in [4.78, 5) is 23.4. The summed E-state index contributed by atoms with van der Waals surface area (Å²) in [6.07, 6.45) is 8.98. The van der Waals surface area contributed by atoms with Crippen LogP contribution >= 0.6 is 12.4 Å². The first-order valence-corrected chi connectivity index (χ1v) is 11.7. The molecule has 0 unspecified atom stereocenters. The number of anilines is 2. The first-order valence-electron chi connectivity index (χ1n) is 11.7. The number of aromatic nitrogens is 3. The van der Waals surface area contributed by atoms with E-state index < -0.39 is 5.60 Å². The van der Waals surface area contributed by atoms with Crippen LogP contribution in [-0.4, -0.2) is 63.3 Å². The summed E-state index contributed by atoms with van der Waals surface area (Å²) in [5, 5.41) is 17.1. The molecule has 2 aromatic heterocycles. The van der Waals surface area contributed by atoms with Crippen molar-refractivity contribution < 1.29 is 5.11 Å². The highest BCUT2D eigenvalue weighted by atomic mass is 35.5. The lowest BCUT2D eigenvalue weighted by Gasteiger charge is -2.32. The van der Waals surface area contributed by atoms with Gasteiger partial charge in [0.1, 0.15) is 11.6 Å². The first kappa shape index (κ1) is 25.6. The lowest BCUT2D eigenvalue weighted by molar-refractivity contribution is 0.00566. The van der Waals surface area contributed by atoms with Crippen LogP contribution in [0.25, 0.3) is 0 Å². The molecule has 4 rings (SSSR count). The fourth-order valence-corrected chi connectivity index (χ4v) is 4.47. The third-order valence-corrected chi connectivity index (χ3v) is 6.62. The first-order chi connectivity index (χ1) is 15.5. The van der Waals surface area contributed by atoms with Gasteiger partial charge in [-0.15, -0.1) is 12.4 Å². The molecule has 0 radical (unpaired) electrons. The van der Waals surface area contributed by atoms with Gasteiger partial charge in [0, 0.05) is 30.5 Å². The Morgan fingerprint density at radius 3 is 2.52 bits per heavy atom. The van der Waals surface area contributed by atoms with Gasteiger partial charge < -0.3 is 26.4 Å². The standard InChI is InChI=1S/C23H35N7O2.ClH/c24-19-5-14-29(15-6-19)12-1-2-13-30-16-7-21(28-22(30)31)27-20-4-3-18(17-26-20)23(32)8-10-25-11-9-23;/h3-4,7,16-17,19,25,32H,1-2,5-6,8-15,24H2,(H,26,27,28,31);1H. The van der Waals surface area contributed by atoms with Crippen LogP contribution in [0.4, 0.5) is 11.6 Å². The number of hydrogen-bond acceptors (Lipinski definition) is 8. The molecule has 0 spiro atoms. The molecule has 0 amide bonds. The van der Waals surface area contributed by atoms with E-state index in [4.69, 9.17) is 5.73 Å². The second-order valence-corrected chi connectivity index (χ2v) is 9.01. The van der Waals surface area contributed by atoms with E-state index in [9.17, 15) is 9.90 Å². The van der Waals surface area contributed by atoms with Gasteiger partial charge in [0.25, 0.3) is 0 Å². The predicted octanol–water partition coefficient (Wildman–Crippen LogP) is 1.58. The van der Waals surface area contributed by atoms with Crippen LogP contribution in [0, 0.1) is 0 Å². The number of nitrogens with zero attached hydrogens (tertiary/aromatic N) is 4. The average molecular weight is 478 g/mol. The van der Waals surface area contributed by atoms with Crippen molar-refractivity contribution in [3.63, 3.8) is 0 Å². The fraction of sp³-hybridized carbons (Fsp3) is 0.609. The number of aliphatic hydroxyl groups is 1. The summed E-state index contributed by atoms with van der Waals surface area (Å²) in [7, 11) is 0. The van der Waals surface area contributed by atoms with Crippen LogP contribution in [0.15, 0.2) is 35.4 Å². The average Bonchev–Trinajstić information content (AvgIpc) is 2.80. The molecule has 0 atom stereocenters. The van der Waals surface area contributed by atoms with Gasteiger partial charge in [0.2, 0.25) is 0 Å². The van der Waals surface area contributed by atoms with Gasteiger partial charge in [-0.25, -0.2) is 9.78 Å². The predicted molar refractivity (Wildman–Crippen MR) is 132 cm³/mol. The van der Waals surface area contributed by atoms with Crippen molar-refractivity contribution in [3.05, 3.63) is 46.6 Å². The number of unbranched alkanes of at least 4 members (excludes halogenated alkanes) is 1. The maximum Gasteiger partial charge on any atom is 0.349 e. The number of nitrogens with one attached hydrogen (secondary N) is 2. The Labute approximate surface area is 201 Å². The van der Waals surface area contributed by atoms with E-state index in [-0.39, 0.29) is 18.1 Å². The Kier molecular flexibility index (Phi) is 9.22. The quantitative estimate of drug-likeness (QED) is 0.423. The van der Waals surface area contributed by atoms with E-state index in [2.05, 4.69) is 25.5 Å². The van der Waals surface area contributed by atoms with Gasteiger partial charge in [-0.3, -0.25) is 4.57 Å². The summed E-state index contributed by atoms with van der Waals surface area (Å²) >= 11 is 0. The van der Waals surface area contributed by atoms with Crippen LogP contribution in [-0.2, 0) is 12.1 Å². The molecule has 0 saturated carbocycles. The molecule has 2 aliphatic heterocycles. The molecule has 0 bridgehead atoms. The Morgan fingerprint density at radius 1 is 1.12 bits per heavy atom. The molecule has 5 N–H and O–H groups in total. The summed E-state index contributed by atoms with van der Waals surface area (Å²) in [6.45, 7) is 5.47. The molecule has 182 valence electrons. The van der Waals surface area contributed by atoms with Gasteiger partial charge in [0.15, 0.2) is 0 Å². The number of pyridine rings is 1.